The number of carboxylic acid groups (broad SMARTS) is 1. The molecule has 1 aromatic rings. The zero-order chi connectivity index (χ0) is 13.7. The summed E-state index contributed by atoms with van der Waals surface area (Å²) in [6.07, 6.45) is 6.48. The Labute approximate surface area is 119 Å². The van der Waals surface area contributed by atoms with Gasteiger partial charge in [-0.15, -0.1) is 0 Å². The van der Waals surface area contributed by atoms with Gasteiger partial charge >= 0.3 is 5.97 Å². The molecule has 1 N–H and O–H groups in total. The number of hydrogen-bond acceptors (Lipinski definition) is 3. The largest absolute Gasteiger partial charge is 0.478 e. The van der Waals surface area contributed by atoms with E-state index in [0.29, 0.717) is 5.56 Å². The molecule has 104 valence electrons. The van der Waals surface area contributed by atoms with Crippen LogP contribution in [0.5, 0.6) is 0 Å². The van der Waals surface area contributed by atoms with Crippen LogP contribution in [0.2, 0.25) is 0 Å². The summed E-state index contributed by atoms with van der Waals surface area (Å²) in [7, 11) is 0. The quantitative estimate of drug-likeness (QED) is 0.811. The Bertz CT molecular complexity index is 448. The smallest absolute Gasteiger partial charge is 0.336 e. The molecule has 0 saturated carbocycles. The Kier molecular flexibility index (Phi) is 5.14. The Balaban J connectivity index is 2.11. The van der Waals surface area contributed by atoms with Crippen molar-refractivity contribution < 1.29 is 9.90 Å². The fraction of sp³-hybridized carbons (Fsp3) is 0.533. The van der Waals surface area contributed by atoms with E-state index in [1.54, 1.807) is 6.07 Å². The number of anilines is 1. The van der Waals surface area contributed by atoms with E-state index in [2.05, 4.69) is 17.2 Å². The Morgan fingerprint density at radius 3 is 3.00 bits per heavy atom. The summed E-state index contributed by atoms with van der Waals surface area (Å²) in [5.41, 5.74) is 2.63. The molecule has 19 heavy (non-hydrogen) atoms. The third-order valence-corrected chi connectivity index (χ3v) is 4.30. The molecule has 0 atom stereocenters. The number of aromatic carboxylic acids is 1. The lowest BCUT2D eigenvalue weighted by molar-refractivity contribution is 0.0695. The molecule has 0 aliphatic carbocycles. The summed E-state index contributed by atoms with van der Waals surface area (Å²) < 4.78 is 0. The summed E-state index contributed by atoms with van der Waals surface area (Å²) >= 11 is 1.88. The van der Waals surface area contributed by atoms with E-state index in [9.17, 15) is 9.90 Å². The van der Waals surface area contributed by atoms with Crippen molar-refractivity contribution in [2.75, 3.05) is 30.0 Å². The number of carbonyl (C=O) groups is 1. The second-order valence-corrected chi connectivity index (χ2v) is 5.88. The van der Waals surface area contributed by atoms with E-state index >= 15 is 0 Å². The van der Waals surface area contributed by atoms with Crippen LogP contribution in [0.3, 0.4) is 0 Å². The minimum atomic E-state index is -0.805. The second-order valence-electron chi connectivity index (χ2n) is 4.90. The van der Waals surface area contributed by atoms with Crippen LogP contribution in [0, 0.1) is 0 Å². The van der Waals surface area contributed by atoms with Gasteiger partial charge in [-0.1, -0.05) is 6.07 Å². The average molecular weight is 279 g/mol. The lowest BCUT2D eigenvalue weighted by atomic mass is 9.96. The van der Waals surface area contributed by atoms with Crippen molar-refractivity contribution in [3.8, 4) is 0 Å². The highest BCUT2D eigenvalue weighted by Gasteiger charge is 2.21. The van der Waals surface area contributed by atoms with Crippen molar-refractivity contribution in [1.29, 1.82) is 0 Å². The maximum atomic E-state index is 11.3. The first kappa shape index (κ1) is 14.3. The van der Waals surface area contributed by atoms with E-state index in [1.165, 1.54) is 18.6 Å². The van der Waals surface area contributed by atoms with Gasteiger partial charge in [0.15, 0.2) is 0 Å². The molecule has 0 fully saturated rings. The third-order valence-electron chi connectivity index (χ3n) is 3.60. The van der Waals surface area contributed by atoms with Crippen LogP contribution in [0.1, 0.15) is 35.2 Å². The minimum Gasteiger partial charge on any atom is -0.478 e. The Morgan fingerprint density at radius 1 is 1.42 bits per heavy atom. The van der Waals surface area contributed by atoms with Gasteiger partial charge in [0.05, 0.1) is 5.56 Å². The molecule has 1 aliphatic heterocycles. The summed E-state index contributed by atoms with van der Waals surface area (Å²) in [5, 5.41) is 9.25. The number of thioether (sulfide) groups is 1. The van der Waals surface area contributed by atoms with Gasteiger partial charge in [0.25, 0.3) is 0 Å². The van der Waals surface area contributed by atoms with Crippen molar-refractivity contribution in [2.24, 2.45) is 0 Å². The molecule has 0 aromatic heterocycles. The Morgan fingerprint density at radius 2 is 2.26 bits per heavy atom. The molecule has 0 bridgehead atoms. The zero-order valence-electron chi connectivity index (χ0n) is 11.4. The van der Waals surface area contributed by atoms with Gasteiger partial charge in [-0.2, -0.15) is 11.8 Å². The molecule has 0 amide bonds. The lowest BCUT2D eigenvalue weighted by Gasteiger charge is -2.32. The van der Waals surface area contributed by atoms with Gasteiger partial charge in [0.2, 0.25) is 0 Å². The molecule has 1 heterocycles. The number of benzene rings is 1. The van der Waals surface area contributed by atoms with E-state index in [0.717, 1.165) is 37.2 Å². The van der Waals surface area contributed by atoms with Gasteiger partial charge in [-0.3, -0.25) is 0 Å². The Hall–Kier alpha value is -1.16. The molecule has 0 spiro atoms. The van der Waals surface area contributed by atoms with Gasteiger partial charge in [0.1, 0.15) is 0 Å². The average Bonchev–Trinajstić information content (AvgIpc) is 2.43. The molecule has 0 unspecified atom stereocenters. The molecule has 1 aliphatic rings. The van der Waals surface area contributed by atoms with E-state index in [1.807, 2.05) is 17.8 Å². The lowest BCUT2D eigenvalue weighted by Crippen LogP contribution is -2.31. The van der Waals surface area contributed by atoms with Crippen LogP contribution < -0.4 is 4.90 Å². The highest BCUT2D eigenvalue weighted by atomic mass is 32.2. The van der Waals surface area contributed by atoms with E-state index in [-0.39, 0.29) is 0 Å². The number of unbranched alkanes of at least 4 members (excludes halogenated alkanes) is 1. The normalized spacial score (nSPS) is 14.3. The summed E-state index contributed by atoms with van der Waals surface area (Å²) in [5.74, 6) is 0.400. The zero-order valence-corrected chi connectivity index (χ0v) is 12.2. The van der Waals surface area contributed by atoms with Crippen LogP contribution >= 0.6 is 11.8 Å². The molecule has 0 saturated heterocycles. The van der Waals surface area contributed by atoms with Crippen LogP contribution in [0.25, 0.3) is 0 Å². The first-order valence-electron chi connectivity index (χ1n) is 6.83. The maximum Gasteiger partial charge on any atom is 0.336 e. The summed E-state index contributed by atoms with van der Waals surface area (Å²) in [6, 6.07) is 5.65. The van der Waals surface area contributed by atoms with Gasteiger partial charge in [-0.05, 0) is 55.4 Å². The van der Waals surface area contributed by atoms with Crippen LogP contribution in [0.15, 0.2) is 18.2 Å². The number of nitrogens with zero attached hydrogens (tertiary/aromatic N) is 1. The van der Waals surface area contributed by atoms with Crippen molar-refractivity contribution in [2.45, 2.75) is 25.7 Å². The highest BCUT2D eigenvalue weighted by molar-refractivity contribution is 7.98. The summed E-state index contributed by atoms with van der Waals surface area (Å²) in [4.78, 5) is 13.6. The standard InChI is InChI=1S/C15H21NO2S/c1-19-11-3-2-9-16-10-5-7-12-13(15(17)18)6-4-8-14(12)16/h4,6,8H,2-3,5,7,9-11H2,1H3,(H,17,18). The summed E-state index contributed by atoms with van der Waals surface area (Å²) in [6.45, 7) is 2.09. The van der Waals surface area contributed by atoms with E-state index < -0.39 is 5.97 Å². The number of carboxylic acids is 1. The van der Waals surface area contributed by atoms with Crippen molar-refractivity contribution in [1.82, 2.24) is 0 Å². The molecule has 0 radical (unpaired) electrons. The third kappa shape index (κ3) is 3.44. The first-order chi connectivity index (χ1) is 9.24. The predicted octanol–water partition coefficient (Wildman–Crippen LogP) is 3.28. The minimum absolute atomic E-state index is 0.478. The molecular formula is C15H21NO2S. The topological polar surface area (TPSA) is 40.5 Å². The molecule has 1 aromatic carbocycles. The second kappa shape index (κ2) is 6.85. The van der Waals surface area contributed by atoms with Crippen LogP contribution in [0.4, 0.5) is 5.69 Å². The van der Waals surface area contributed by atoms with Crippen LogP contribution in [-0.2, 0) is 6.42 Å². The SMILES string of the molecule is CSCCCCN1CCCc2c(C(=O)O)cccc21. The number of rotatable bonds is 6. The van der Waals surface area contributed by atoms with Crippen LogP contribution in [-0.4, -0.2) is 36.2 Å². The molecule has 2 rings (SSSR count). The monoisotopic (exact) mass is 279 g/mol. The highest BCUT2D eigenvalue weighted by Crippen LogP contribution is 2.30. The molecular weight excluding hydrogens is 258 g/mol. The van der Waals surface area contributed by atoms with Gasteiger partial charge in [0, 0.05) is 18.8 Å². The maximum absolute atomic E-state index is 11.3. The predicted molar refractivity (Wildman–Crippen MR) is 81.6 cm³/mol. The van der Waals surface area contributed by atoms with Gasteiger partial charge < -0.3 is 10.0 Å². The fourth-order valence-electron chi connectivity index (χ4n) is 2.68. The fourth-order valence-corrected chi connectivity index (χ4v) is 3.18. The van der Waals surface area contributed by atoms with E-state index in [4.69, 9.17) is 0 Å². The first-order valence-corrected chi connectivity index (χ1v) is 8.22. The van der Waals surface area contributed by atoms with Crippen molar-refractivity contribution in [3.05, 3.63) is 29.3 Å². The number of fused-ring (bicyclic) bond motifs is 1. The van der Waals surface area contributed by atoms with Crippen molar-refractivity contribution in [3.63, 3.8) is 0 Å². The van der Waals surface area contributed by atoms with Crippen molar-refractivity contribution >= 4 is 23.4 Å². The molecule has 4 heteroatoms. The van der Waals surface area contributed by atoms with Gasteiger partial charge in [-0.25, -0.2) is 4.79 Å². The molecule has 3 nitrogen and oxygen atoms in total. The number of hydrogen-bond donors (Lipinski definition) is 1.